The zero-order valence-corrected chi connectivity index (χ0v) is 25.5. The Bertz CT molecular complexity index is 734. The molecule has 0 aromatic carbocycles. The molecule has 4 unspecified atom stereocenters. The van der Waals surface area contributed by atoms with Gasteiger partial charge in [-0.05, 0) is 71.0 Å². The van der Waals surface area contributed by atoms with Gasteiger partial charge in [-0.3, -0.25) is 0 Å². The van der Waals surface area contributed by atoms with Crippen LogP contribution in [-0.2, 0) is 19.6 Å². The van der Waals surface area contributed by atoms with E-state index in [4.69, 9.17) is 19.6 Å². The summed E-state index contributed by atoms with van der Waals surface area (Å²) in [6, 6.07) is 0. The Morgan fingerprint density at radius 1 is 0.457 bits per heavy atom. The van der Waals surface area contributed by atoms with Gasteiger partial charge < -0.3 is 0 Å². The van der Waals surface area contributed by atoms with Crippen LogP contribution < -0.4 is 0 Å². The van der Waals surface area contributed by atoms with Crippen LogP contribution in [0.2, 0.25) is 0 Å². The molecular weight excluding hydrogens is 436 g/mol. The highest BCUT2D eigenvalue weighted by Crippen LogP contribution is 2.72. The highest BCUT2D eigenvalue weighted by Gasteiger charge is 2.78. The molecule has 4 rings (SSSR count). The molecule has 0 amide bonds. The Kier molecular flexibility index (Phi) is 5.96. The van der Waals surface area contributed by atoms with Crippen LogP contribution in [0.15, 0.2) is 0 Å². The number of rotatable bonds is 2. The number of hydrogen-bond acceptors (Lipinski definition) is 4. The maximum Gasteiger partial charge on any atom is 0.141 e. The molecule has 2 saturated heterocycles. The lowest BCUT2D eigenvalue weighted by Crippen LogP contribution is -2.80. The van der Waals surface area contributed by atoms with Gasteiger partial charge in [-0.1, -0.05) is 96.9 Å². The summed E-state index contributed by atoms with van der Waals surface area (Å²) in [7, 11) is 0. The van der Waals surface area contributed by atoms with Gasteiger partial charge in [-0.15, -0.1) is 0 Å². The zero-order chi connectivity index (χ0) is 26.7. The second-order valence-corrected chi connectivity index (χ2v) is 17.3. The van der Waals surface area contributed by atoms with Crippen LogP contribution >= 0.6 is 0 Å². The number of fused-ring (bicyclic) bond motifs is 2. The van der Waals surface area contributed by atoms with Crippen molar-refractivity contribution in [1.29, 1.82) is 0 Å². The average Bonchev–Trinajstić information content (AvgIpc) is 2.59. The minimum Gasteiger partial charge on any atom is -0.229 e. The van der Waals surface area contributed by atoms with Gasteiger partial charge in [0.15, 0.2) is 0 Å². The van der Waals surface area contributed by atoms with Crippen molar-refractivity contribution < 1.29 is 19.6 Å². The van der Waals surface area contributed by atoms with E-state index in [1.165, 1.54) is 0 Å². The lowest BCUT2D eigenvalue weighted by atomic mass is 9.41. The van der Waals surface area contributed by atoms with E-state index in [-0.39, 0.29) is 61.3 Å². The third-order valence-electron chi connectivity index (χ3n) is 12.4. The van der Waals surface area contributed by atoms with E-state index >= 15 is 0 Å². The Labute approximate surface area is 216 Å². The van der Waals surface area contributed by atoms with Crippen molar-refractivity contribution in [2.45, 2.75) is 159 Å². The molecule has 0 aromatic heterocycles. The Balaban J connectivity index is 1.67. The predicted molar refractivity (Wildman–Crippen MR) is 142 cm³/mol. The molecule has 0 radical (unpaired) electrons. The smallest absolute Gasteiger partial charge is 0.141 e. The largest absolute Gasteiger partial charge is 0.229 e. The summed E-state index contributed by atoms with van der Waals surface area (Å²) in [5.41, 5.74) is 0.197. The average molecular weight is 493 g/mol. The van der Waals surface area contributed by atoms with Crippen molar-refractivity contribution in [3.63, 3.8) is 0 Å². The fourth-order valence-electron chi connectivity index (χ4n) is 9.87. The molecule has 204 valence electrons. The number of hydrogen-bond donors (Lipinski definition) is 0. The monoisotopic (exact) mass is 492 g/mol. The first-order chi connectivity index (χ1) is 15.5. The van der Waals surface area contributed by atoms with Crippen LogP contribution in [0.3, 0.4) is 0 Å². The lowest BCUT2D eigenvalue weighted by Gasteiger charge is -2.72. The molecule has 2 aliphatic carbocycles. The molecule has 4 aliphatic rings. The quantitative estimate of drug-likeness (QED) is 0.361. The summed E-state index contributed by atoms with van der Waals surface area (Å²) in [5.74, 6) is 0. The highest BCUT2D eigenvalue weighted by atomic mass is 17.3. The van der Waals surface area contributed by atoms with Crippen molar-refractivity contribution in [2.24, 2.45) is 37.9 Å². The van der Waals surface area contributed by atoms with E-state index in [2.05, 4.69) is 96.9 Å². The van der Waals surface area contributed by atoms with Crippen molar-refractivity contribution in [3.8, 4) is 0 Å². The van der Waals surface area contributed by atoms with Gasteiger partial charge in [0.1, 0.15) is 23.4 Å². The van der Waals surface area contributed by atoms with Crippen LogP contribution in [0.5, 0.6) is 0 Å². The molecular formula is C31H56O4. The van der Waals surface area contributed by atoms with Gasteiger partial charge in [0, 0.05) is 5.41 Å². The Morgan fingerprint density at radius 2 is 0.743 bits per heavy atom. The van der Waals surface area contributed by atoms with E-state index < -0.39 is 0 Å². The summed E-state index contributed by atoms with van der Waals surface area (Å²) >= 11 is 0. The van der Waals surface area contributed by atoms with Crippen molar-refractivity contribution in [3.05, 3.63) is 0 Å². The van der Waals surface area contributed by atoms with Gasteiger partial charge in [0.2, 0.25) is 0 Å². The maximum absolute atomic E-state index is 6.26. The molecule has 0 spiro atoms. The molecule has 0 bridgehead atoms. The van der Waals surface area contributed by atoms with Gasteiger partial charge in [0.25, 0.3) is 0 Å². The minimum absolute atomic E-state index is 0.0841. The van der Waals surface area contributed by atoms with E-state index in [1.807, 2.05) is 0 Å². The van der Waals surface area contributed by atoms with Crippen LogP contribution in [0.25, 0.3) is 0 Å². The van der Waals surface area contributed by atoms with Gasteiger partial charge in [0.05, 0.1) is 0 Å². The fraction of sp³-hybridized carbons (Fsp3) is 1.00. The summed E-state index contributed by atoms with van der Waals surface area (Å²) < 4.78 is 0. The minimum atomic E-state index is -0.335. The fourth-order valence-corrected chi connectivity index (χ4v) is 9.87. The molecule has 0 N–H and O–H groups in total. The maximum atomic E-state index is 6.26. The van der Waals surface area contributed by atoms with Crippen LogP contribution in [0.1, 0.15) is 135 Å². The van der Waals surface area contributed by atoms with Crippen LogP contribution in [-0.4, -0.2) is 23.4 Å². The van der Waals surface area contributed by atoms with E-state index in [0.717, 1.165) is 38.5 Å². The first kappa shape index (κ1) is 27.9. The second kappa shape index (κ2) is 7.48. The summed E-state index contributed by atoms with van der Waals surface area (Å²) in [6.07, 6.45) is 6.50. The molecule has 4 atom stereocenters. The normalized spacial score (nSPS) is 37.5. The lowest BCUT2D eigenvalue weighted by molar-refractivity contribution is -0.601. The second-order valence-electron chi connectivity index (χ2n) is 17.3. The molecule has 4 fully saturated rings. The molecule has 35 heavy (non-hydrogen) atoms. The third-order valence-corrected chi connectivity index (χ3v) is 12.4. The van der Waals surface area contributed by atoms with E-state index in [1.54, 1.807) is 0 Å². The zero-order valence-electron chi connectivity index (χ0n) is 25.5. The topological polar surface area (TPSA) is 36.9 Å². The standard InChI is InChI=1S/C31H56O4/c1-23(2,3)28(24(4,5)6)15-17-30(21(19-28)32-34-30)27(13,14)31-18-16-29(25(7,8)9,26(10,11)12)20-22(31)33-35-31/h21-22H,15-20H2,1-14H3. The van der Waals surface area contributed by atoms with E-state index in [0.29, 0.717) is 0 Å². The first-order valence-electron chi connectivity index (χ1n) is 14.2. The highest BCUT2D eigenvalue weighted by molar-refractivity contribution is 5.23. The Morgan fingerprint density at radius 3 is 0.914 bits per heavy atom. The molecule has 2 aliphatic heterocycles. The molecule has 2 heterocycles. The predicted octanol–water partition coefficient (Wildman–Crippen LogP) is 8.68. The molecule has 0 aromatic rings. The molecule has 2 saturated carbocycles. The first-order valence-corrected chi connectivity index (χ1v) is 14.2. The van der Waals surface area contributed by atoms with Gasteiger partial charge in [-0.2, -0.15) is 0 Å². The third kappa shape index (κ3) is 3.31. The van der Waals surface area contributed by atoms with Gasteiger partial charge in [-0.25, -0.2) is 19.6 Å². The Hall–Kier alpha value is -0.160. The summed E-state index contributed by atoms with van der Waals surface area (Å²) in [6.45, 7) is 33.7. The summed E-state index contributed by atoms with van der Waals surface area (Å²) in [5, 5.41) is 0. The van der Waals surface area contributed by atoms with Crippen LogP contribution in [0, 0.1) is 37.9 Å². The molecule has 4 nitrogen and oxygen atoms in total. The van der Waals surface area contributed by atoms with E-state index in [9.17, 15) is 0 Å². The van der Waals surface area contributed by atoms with Crippen molar-refractivity contribution in [1.82, 2.24) is 0 Å². The SMILES string of the molecule is CC(C)(C)C1(C(C)(C)C)CCC2(C(C)(C)C34CCC(C(C)(C)C)(C(C)(C)C)CC3OO4)OOC2C1. The van der Waals surface area contributed by atoms with Crippen LogP contribution in [0.4, 0.5) is 0 Å². The van der Waals surface area contributed by atoms with Gasteiger partial charge >= 0.3 is 0 Å². The molecule has 4 heteroatoms. The summed E-state index contributed by atoms with van der Waals surface area (Å²) in [4.78, 5) is 24.6. The van der Waals surface area contributed by atoms with Crippen molar-refractivity contribution >= 4 is 0 Å². The van der Waals surface area contributed by atoms with Crippen molar-refractivity contribution in [2.75, 3.05) is 0 Å².